The molecule has 0 aromatic heterocycles. The maximum Gasteiger partial charge on any atom is 0.569 e. The Balaban J connectivity index is 2.25. The van der Waals surface area contributed by atoms with Gasteiger partial charge in [-0.3, -0.25) is 0 Å². The highest BCUT2D eigenvalue weighted by molar-refractivity contribution is 6.17. The number of rotatable bonds is 3. The largest absolute Gasteiger partial charge is 0.569 e. The van der Waals surface area contributed by atoms with Crippen molar-refractivity contribution in [3.05, 3.63) is 66.7 Å². The quantitative estimate of drug-likeness (QED) is 0.718. The number of hydrogen-bond acceptors (Lipinski definition) is 2. The Hall–Kier alpha value is -2.26. The summed E-state index contributed by atoms with van der Waals surface area (Å²) in [5.74, 6) is 0.640. The van der Waals surface area contributed by atoms with Gasteiger partial charge in [0.15, 0.2) is 0 Å². The molecule has 0 saturated heterocycles. The minimum Gasteiger partial charge on any atom is -0.537 e. The molecule has 0 aliphatic rings. The van der Waals surface area contributed by atoms with E-state index in [-0.39, 0.29) is 0 Å². The van der Waals surface area contributed by atoms with Crippen LogP contribution in [0.5, 0.6) is 5.75 Å². The van der Waals surface area contributed by atoms with Crippen molar-refractivity contribution in [2.75, 3.05) is 0 Å². The second-order valence-electron chi connectivity index (χ2n) is 4.25. The van der Waals surface area contributed by atoms with Gasteiger partial charge < -0.3 is 9.68 Å². The zero-order chi connectivity index (χ0) is 13.1. The molecule has 3 rings (SSSR count). The van der Waals surface area contributed by atoms with Crippen molar-refractivity contribution in [1.82, 2.24) is 0 Å². The maximum atomic E-state index is 8.86. The van der Waals surface area contributed by atoms with Crippen molar-refractivity contribution < 1.29 is 9.68 Å². The van der Waals surface area contributed by atoms with Gasteiger partial charge in [0.2, 0.25) is 0 Å². The van der Waals surface area contributed by atoms with Crippen molar-refractivity contribution in [1.29, 1.82) is 0 Å². The zero-order valence-corrected chi connectivity index (χ0v) is 10.3. The van der Waals surface area contributed by atoms with Crippen LogP contribution in [-0.4, -0.2) is 12.7 Å². The summed E-state index contributed by atoms with van der Waals surface area (Å²) in [4.78, 5) is 0. The fraction of sp³-hybridized carbons (Fsp3) is 0. The van der Waals surface area contributed by atoms with Gasteiger partial charge in [-0.15, -0.1) is 0 Å². The molecule has 0 saturated carbocycles. The molecule has 3 aromatic rings. The van der Waals surface area contributed by atoms with Crippen LogP contribution in [0, 0.1) is 0 Å². The molecule has 3 heteroatoms. The first-order valence-corrected chi connectivity index (χ1v) is 6.10. The van der Waals surface area contributed by atoms with Crippen LogP contribution < -0.4 is 4.65 Å². The molecule has 3 aromatic carbocycles. The van der Waals surface area contributed by atoms with E-state index in [4.69, 9.17) is 9.68 Å². The first-order chi connectivity index (χ1) is 9.40. The van der Waals surface area contributed by atoms with E-state index in [1.54, 1.807) is 0 Å². The second kappa shape index (κ2) is 5.16. The summed E-state index contributed by atoms with van der Waals surface area (Å²) in [6.07, 6.45) is 0. The SMILES string of the molecule is O[B]Oc1ccccc1-c1cccc2ccccc12. The topological polar surface area (TPSA) is 29.5 Å². The van der Waals surface area contributed by atoms with E-state index in [0.717, 1.165) is 11.1 Å². The smallest absolute Gasteiger partial charge is 0.537 e. The Morgan fingerprint density at radius 1 is 0.737 bits per heavy atom. The third-order valence-electron chi connectivity index (χ3n) is 3.15. The molecule has 0 fully saturated rings. The second-order valence-corrected chi connectivity index (χ2v) is 4.25. The first-order valence-electron chi connectivity index (χ1n) is 6.10. The monoisotopic (exact) mass is 247 g/mol. The van der Waals surface area contributed by atoms with E-state index in [9.17, 15) is 0 Å². The molecule has 1 radical (unpaired) electrons. The minimum absolute atomic E-state index is 0.640. The third kappa shape index (κ3) is 2.20. The highest BCUT2D eigenvalue weighted by atomic mass is 16.5. The fourth-order valence-corrected chi connectivity index (χ4v) is 2.31. The third-order valence-corrected chi connectivity index (χ3v) is 3.15. The van der Waals surface area contributed by atoms with Crippen LogP contribution in [0.2, 0.25) is 0 Å². The fourth-order valence-electron chi connectivity index (χ4n) is 2.31. The van der Waals surface area contributed by atoms with Gasteiger partial charge in [0.25, 0.3) is 0 Å². The molecule has 0 amide bonds. The summed E-state index contributed by atoms with van der Waals surface area (Å²) in [6, 6.07) is 22.0. The van der Waals surface area contributed by atoms with E-state index < -0.39 is 0 Å². The first kappa shape index (κ1) is 11.8. The van der Waals surface area contributed by atoms with Gasteiger partial charge in [0, 0.05) is 5.56 Å². The number of fused-ring (bicyclic) bond motifs is 1. The van der Waals surface area contributed by atoms with Crippen molar-refractivity contribution in [3.8, 4) is 16.9 Å². The lowest BCUT2D eigenvalue weighted by Gasteiger charge is -2.11. The standard InChI is InChI=1S/C16H12BO2/c18-17-19-16-11-4-3-9-15(16)14-10-5-7-12-6-1-2-8-13(12)14/h1-11,18H. The van der Waals surface area contributed by atoms with Gasteiger partial charge in [-0.05, 0) is 22.4 Å². The molecular formula is C16H12BO2. The van der Waals surface area contributed by atoms with Gasteiger partial charge in [-0.25, -0.2) is 0 Å². The van der Waals surface area contributed by atoms with Crippen molar-refractivity contribution >= 4 is 18.5 Å². The average molecular weight is 247 g/mol. The van der Waals surface area contributed by atoms with E-state index in [2.05, 4.69) is 24.3 Å². The van der Waals surface area contributed by atoms with Crippen LogP contribution in [0.4, 0.5) is 0 Å². The number of para-hydroxylation sites is 1. The van der Waals surface area contributed by atoms with E-state index in [1.165, 1.54) is 10.8 Å². The molecule has 0 unspecified atom stereocenters. The Morgan fingerprint density at radius 3 is 2.32 bits per heavy atom. The molecule has 19 heavy (non-hydrogen) atoms. The average Bonchev–Trinajstić information content (AvgIpc) is 2.48. The maximum absolute atomic E-state index is 8.86. The Labute approximate surface area is 112 Å². The van der Waals surface area contributed by atoms with Crippen LogP contribution in [0.15, 0.2) is 66.7 Å². The Kier molecular flexibility index (Phi) is 3.21. The van der Waals surface area contributed by atoms with E-state index in [1.807, 2.05) is 42.5 Å². The molecule has 1 N–H and O–H groups in total. The zero-order valence-electron chi connectivity index (χ0n) is 10.3. The number of benzene rings is 3. The summed E-state index contributed by atoms with van der Waals surface area (Å²) in [5.41, 5.74) is 2.06. The minimum atomic E-state index is 0.640. The van der Waals surface area contributed by atoms with E-state index in [0.29, 0.717) is 13.4 Å². The molecule has 0 bridgehead atoms. The van der Waals surface area contributed by atoms with Crippen molar-refractivity contribution in [3.63, 3.8) is 0 Å². The van der Waals surface area contributed by atoms with Gasteiger partial charge in [0.05, 0.1) is 0 Å². The van der Waals surface area contributed by atoms with Crippen LogP contribution in [0.25, 0.3) is 21.9 Å². The summed E-state index contributed by atoms with van der Waals surface area (Å²) in [7, 11) is 0.712. The molecule has 0 spiro atoms. The lowest BCUT2D eigenvalue weighted by Crippen LogP contribution is -2.01. The normalized spacial score (nSPS) is 10.4. The van der Waals surface area contributed by atoms with Crippen LogP contribution >= 0.6 is 0 Å². The highest BCUT2D eigenvalue weighted by Crippen LogP contribution is 2.34. The Morgan fingerprint density at radius 2 is 1.42 bits per heavy atom. The van der Waals surface area contributed by atoms with Crippen LogP contribution in [0.3, 0.4) is 0 Å². The summed E-state index contributed by atoms with van der Waals surface area (Å²) in [6.45, 7) is 0. The number of hydrogen-bond donors (Lipinski definition) is 1. The Bertz CT molecular complexity index is 704. The summed E-state index contributed by atoms with van der Waals surface area (Å²) in [5, 5.41) is 11.2. The van der Waals surface area contributed by atoms with Gasteiger partial charge in [-0.2, -0.15) is 0 Å². The van der Waals surface area contributed by atoms with Crippen molar-refractivity contribution in [2.45, 2.75) is 0 Å². The van der Waals surface area contributed by atoms with Gasteiger partial charge in [0.1, 0.15) is 5.75 Å². The van der Waals surface area contributed by atoms with E-state index >= 15 is 0 Å². The molecule has 0 aliphatic carbocycles. The molecular weight excluding hydrogens is 235 g/mol. The molecule has 2 nitrogen and oxygen atoms in total. The molecule has 0 heterocycles. The van der Waals surface area contributed by atoms with Crippen molar-refractivity contribution in [2.24, 2.45) is 0 Å². The lowest BCUT2D eigenvalue weighted by molar-refractivity contribution is 0.455. The van der Waals surface area contributed by atoms with Crippen LogP contribution in [-0.2, 0) is 0 Å². The van der Waals surface area contributed by atoms with Gasteiger partial charge >= 0.3 is 7.69 Å². The molecule has 0 aliphatic heterocycles. The summed E-state index contributed by atoms with van der Waals surface area (Å²) >= 11 is 0. The molecule has 0 atom stereocenters. The van der Waals surface area contributed by atoms with Gasteiger partial charge in [-0.1, -0.05) is 60.7 Å². The summed E-state index contributed by atoms with van der Waals surface area (Å²) < 4.78 is 5.17. The predicted molar refractivity (Wildman–Crippen MR) is 78.0 cm³/mol. The lowest BCUT2D eigenvalue weighted by atomic mass is 9.97. The predicted octanol–water partition coefficient (Wildman–Crippen LogP) is 3.41. The molecule has 91 valence electrons. The highest BCUT2D eigenvalue weighted by Gasteiger charge is 2.08. The van der Waals surface area contributed by atoms with Crippen LogP contribution in [0.1, 0.15) is 0 Å².